The molecule has 21 heavy (non-hydrogen) atoms. The average Bonchev–Trinajstić information content (AvgIpc) is 3.10. The molecule has 1 aromatic heterocycles. The summed E-state index contributed by atoms with van der Waals surface area (Å²) >= 11 is 0. The normalized spacial score (nSPS) is 34.0. The van der Waals surface area contributed by atoms with Crippen LogP contribution in [0.2, 0.25) is 0 Å². The number of aromatic nitrogens is 2. The second-order valence-corrected chi connectivity index (χ2v) is 8.44. The molecule has 4 rings (SSSR count). The van der Waals surface area contributed by atoms with Gasteiger partial charge in [-0.25, -0.2) is 8.42 Å². The number of piperidine rings is 1. The Kier molecular flexibility index (Phi) is 3.09. The van der Waals surface area contributed by atoms with Crippen molar-refractivity contribution < 1.29 is 17.7 Å². The lowest BCUT2D eigenvalue weighted by Crippen LogP contribution is -2.46. The molecule has 1 aromatic rings. The molecular weight excluding hydrogens is 294 g/mol. The number of aryl methyl sites for hydroxylation is 1. The van der Waals surface area contributed by atoms with Crippen LogP contribution in [-0.4, -0.2) is 47.3 Å². The van der Waals surface area contributed by atoms with Gasteiger partial charge in [-0.05, 0) is 38.5 Å². The van der Waals surface area contributed by atoms with Gasteiger partial charge in [-0.2, -0.15) is 9.29 Å². The molecule has 3 heterocycles. The lowest BCUT2D eigenvalue weighted by Gasteiger charge is -2.33. The highest BCUT2D eigenvalue weighted by Crippen LogP contribution is 2.42. The summed E-state index contributed by atoms with van der Waals surface area (Å²) in [5.74, 6) is 1.49. The molecule has 0 N–H and O–H groups in total. The molecule has 2 aliphatic heterocycles. The van der Waals surface area contributed by atoms with Gasteiger partial charge in [0.15, 0.2) is 5.82 Å². The van der Waals surface area contributed by atoms with Crippen molar-refractivity contribution in [2.24, 2.45) is 5.92 Å². The summed E-state index contributed by atoms with van der Waals surface area (Å²) in [6, 6.07) is 0. The van der Waals surface area contributed by atoms with Crippen molar-refractivity contribution in [2.75, 3.05) is 13.1 Å². The number of nitrogens with zero attached hydrogens (tertiary/aromatic N) is 3. The smallest absolute Gasteiger partial charge is 0.255 e. The van der Waals surface area contributed by atoms with E-state index in [1.807, 2.05) is 0 Å². The Bertz CT molecular complexity index is 640. The molecule has 0 unspecified atom stereocenters. The largest absolute Gasteiger partial charge is 0.363 e. The summed E-state index contributed by atoms with van der Waals surface area (Å²) in [4.78, 5) is 4.22. The molecule has 0 aromatic carbocycles. The molecule has 8 heteroatoms. The second kappa shape index (κ2) is 4.76. The van der Waals surface area contributed by atoms with Gasteiger partial charge >= 0.3 is 0 Å². The van der Waals surface area contributed by atoms with Gasteiger partial charge in [0.25, 0.3) is 5.89 Å². The van der Waals surface area contributed by atoms with E-state index in [1.165, 1.54) is 0 Å². The Balaban J connectivity index is 1.47. The number of ether oxygens (including phenoxy) is 1. The Morgan fingerprint density at radius 2 is 2.10 bits per heavy atom. The maximum absolute atomic E-state index is 12.3. The molecule has 7 nitrogen and oxygen atoms in total. The van der Waals surface area contributed by atoms with Crippen LogP contribution >= 0.6 is 0 Å². The van der Waals surface area contributed by atoms with E-state index in [9.17, 15) is 8.42 Å². The fraction of sp³-hybridized carbons (Fsp3) is 0.846. The Hall–Kier alpha value is -0.990. The predicted molar refractivity (Wildman–Crippen MR) is 72.9 cm³/mol. The van der Waals surface area contributed by atoms with E-state index in [2.05, 4.69) is 10.1 Å². The number of sulfonamides is 1. The van der Waals surface area contributed by atoms with Gasteiger partial charge < -0.3 is 9.26 Å². The van der Waals surface area contributed by atoms with Gasteiger partial charge in [0.1, 0.15) is 6.10 Å². The first kappa shape index (κ1) is 13.7. The van der Waals surface area contributed by atoms with Crippen molar-refractivity contribution in [2.45, 2.75) is 50.1 Å². The van der Waals surface area contributed by atoms with E-state index in [4.69, 9.17) is 9.26 Å². The predicted octanol–water partition coefficient (Wildman–Crippen LogP) is 1.02. The molecule has 0 amide bonds. The molecule has 3 aliphatic rings. The van der Waals surface area contributed by atoms with Crippen LogP contribution < -0.4 is 0 Å². The summed E-state index contributed by atoms with van der Waals surface area (Å²) in [7, 11) is -3.10. The standard InChI is InChI=1S/C13H19N3O4S/c1-8-14-13(20-15-8)11-6-9-4-5-16(7-12(9)19-11)21(17,18)10-2-3-10/h9-12H,2-7H2,1H3/t9-,11+,12+/m1/s1. The summed E-state index contributed by atoms with van der Waals surface area (Å²) in [5.41, 5.74) is 0. The van der Waals surface area contributed by atoms with Gasteiger partial charge in [0, 0.05) is 13.1 Å². The topological polar surface area (TPSA) is 85.5 Å². The molecule has 1 saturated carbocycles. The van der Waals surface area contributed by atoms with Crippen LogP contribution in [0.3, 0.4) is 0 Å². The SMILES string of the molecule is Cc1noc([C@@H]2C[C@H]3CCN(S(=O)(=O)C4CC4)C[C@@H]3O2)n1. The van der Waals surface area contributed by atoms with Crippen molar-refractivity contribution in [3.05, 3.63) is 11.7 Å². The first-order chi connectivity index (χ1) is 10.0. The van der Waals surface area contributed by atoms with Gasteiger partial charge in [-0.15, -0.1) is 0 Å². The number of fused-ring (bicyclic) bond motifs is 1. The van der Waals surface area contributed by atoms with Crippen LogP contribution in [0.4, 0.5) is 0 Å². The van der Waals surface area contributed by atoms with Gasteiger partial charge in [0.2, 0.25) is 10.0 Å². The zero-order valence-corrected chi connectivity index (χ0v) is 12.8. The van der Waals surface area contributed by atoms with Crippen molar-refractivity contribution >= 4 is 10.0 Å². The monoisotopic (exact) mass is 313 g/mol. The molecule has 0 radical (unpaired) electrons. The third-order valence-corrected chi connectivity index (χ3v) is 7.00. The molecule has 2 saturated heterocycles. The van der Waals surface area contributed by atoms with Crippen LogP contribution in [0.15, 0.2) is 4.52 Å². The molecule has 3 atom stereocenters. The summed E-state index contributed by atoms with van der Waals surface area (Å²) < 4.78 is 37.4. The highest BCUT2D eigenvalue weighted by Gasteiger charge is 2.47. The molecule has 116 valence electrons. The summed E-state index contributed by atoms with van der Waals surface area (Å²) in [5, 5.41) is 3.64. The van der Waals surface area contributed by atoms with Crippen molar-refractivity contribution in [1.82, 2.24) is 14.4 Å². The summed E-state index contributed by atoms with van der Waals surface area (Å²) in [6.07, 6.45) is 3.05. The minimum atomic E-state index is -3.10. The maximum atomic E-state index is 12.3. The highest BCUT2D eigenvalue weighted by molar-refractivity contribution is 7.90. The molecule has 0 bridgehead atoms. The lowest BCUT2D eigenvalue weighted by atomic mass is 9.93. The third kappa shape index (κ3) is 2.39. The van der Waals surface area contributed by atoms with Crippen LogP contribution in [0, 0.1) is 12.8 Å². The van der Waals surface area contributed by atoms with Crippen LogP contribution in [0.5, 0.6) is 0 Å². The van der Waals surface area contributed by atoms with Gasteiger partial charge in [-0.1, -0.05) is 5.16 Å². The minimum Gasteiger partial charge on any atom is -0.363 e. The third-order valence-electron chi connectivity index (χ3n) is 4.64. The van der Waals surface area contributed by atoms with E-state index in [-0.39, 0.29) is 17.5 Å². The quantitative estimate of drug-likeness (QED) is 0.828. The zero-order valence-electron chi connectivity index (χ0n) is 11.9. The van der Waals surface area contributed by atoms with Crippen molar-refractivity contribution in [3.63, 3.8) is 0 Å². The van der Waals surface area contributed by atoms with Crippen LogP contribution in [0.25, 0.3) is 0 Å². The van der Waals surface area contributed by atoms with E-state index >= 15 is 0 Å². The van der Waals surface area contributed by atoms with Gasteiger partial charge in [0.05, 0.1) is 11.4 Å². The number of hydrogen-bond acceptors (Lipinski definition) is 6. The van der Waals surface area contributed by atoms with Crippen molar-refractivity contribution in [3.8, 4) is 0 Å². The van der Waals surface area contributed by atoms with E-state index in [0.29, 0.717) is 30.7 Å². The van der Waals surface area contributed by atoms with E-state index in [1.54, 1.807) is 11.2 Å². The Morgan fingerprint density at radius 1 is 1.29 bits per heavy atom. The summed E-state index contributed by atoms with van der Waals surface area (Å²) in [6.45, 7) is 2.85. The first-order valence-corrected chi connectivity index (χ1v) is 8.99. The van der Waals surface area contributed by atoms with Crippen LogP contribution in [-0.2, 0) is 14.8 Å². The number of hydrogen-bond donors (Lipinski definition) is 0. The number of rotatable bonds is 3. The average molecular weight is 313 g/mol. The maximum Gasteiger partial charge on any atom is 0.255 e. The Labute approximate surface area is 123 Å². The molecular formula is C13H19N3O4S. The first-order valence-electron chi connectivity index (χ1n) is 7.48. The zero-order chi connectivity index (χ0) is 14.6. The van der Waals surface area contributed by atoms with E-state index in [0.717, 1.165) is 25.7 Å². The van der Waals surface area contributed by atoms with Gasteiger partial charge in [-0.3, -0.25) is 0 Å². The molecule has 1 aliphatic carbocycles. The fourth-order valence-electron chi connectivity index (χ4n) is 3.31. The molecule has 0 spiro atoms. The highest BCUT2D eigenvalue weighted by atomic mass is 32.2. The molecule has 3 fully saturated rings. The van der Waals surface area contributed by atoms with Crippen LogP contribution in [0.1, 0.15) is 43.5 Å². The fourth-order valence-corrected chi connectivity index (χ4v) is 5.18. The minimum absolute atomic E-state index is 0.0514. The lowest BCUT2D eigenvalue weighted by molar-refractivity contribution is -0.00206. The van der Waals surface area contributed by atoms with Crippen molar-refractivity contribution in [1.29, 1.82) is 0 Å². The van der Waals surface area contributed by atoms with E-state index < -0.39 is 10.0 Å². The Morgan fingerprint density at radius 3 is 2.76 bits per heavy atom. The second-order valence-electron chi connectivity index (χ2n) is 6.23.